The lowest BCUT2D eigenvalue weighted by Gasteiger charge is -2.12. The molecular weight excluding hydrogens is 406 g/mol. The first-order valence-corrected chi connectivity index (χ1v) is 10.8. The maximum Gasteiger partial charge on any atom is 0.340 e. The number of ether oxygens (including phenoxy) is 2. The number of carbonyl (C=O) groups excluding carboxylic acids is 2. The number of amides is 1. The fraction of sp³-hybridized carbons (Fsp3) is 0.273. The number of carbonyl (C=O) groups is 2. The molecule has 0 aliphatic heterocycles. The van der Waals surface area contributed by atoms with Crippen LogP contribution in [-0.4, -0.2) is 19.0 Å². The number of rotatable bonds is 6. The Labute approximate surface area is 178 Å². The summed E-state index contributed by atoms with van der Waals surface area (Å²) in [6, 6.07) is 7.72. The van der Waals surface area contributed by atoms with Gasteiger partial charge in [0.1, 0.15) is 17.4 Å². The SMILES string of the molecule is COC(=O)c1cc(C)sc1NC(=O)c1cc(COc2c(C)cc(C)cc2C)cs1. The Kier molecular flexibility index (Phi) is 6.39. The molecule has 7 heteroatoms. The number of nitrogens with one attached hydrogen (secondary N) is 1. The highest BCUT2D eigenvalue weighted by molar-refractivity contribution is 7.17. The third-order valence-corrected chi connectivity index (χ3v) is 6.30. The molecule has 3 aromatic rings. The van der Waals surface area contributed by atoms with Gasteiger partial charge >= 0.3 is 5.97 Å². The van der Waals surface area contributed by atoms with Crippen molar-refractivity contribution in [3.8, 4) is 5.75 Å². The van der Waals surface area contributed by atoms with Crippen LogP contribution in [0.3, 0.4) is 0 Å². The number of anilines is 1. The van der Waals surface area contributed by atoms with Gasteiger partial charge < -0.3 is 14.8 Å². The maximum atomic E-state index is 12.6. The van der Waals surface area contributed by atoms with E-state index in [0.29, 0.717) is 22.0 Å². The standard InChI is InChI=1S/C22H23NO4S2/c1-12-6-13(2)19(14(3)7-12)27-10-16-9-18(28-11-16)20(24)23-21-17(22(25)26-5)8-15(4)29-21/h6-9,11H,10H2,1-5H3,(H,23,24). The largest absolute Gasteiger partial charge is 0.488 e. The minimum atomic E-state index is -0.464. The van der Waals surface area contributed by atoms with Crippen LogP contribution in [-0.2, 0) is 11.3 Å². The molecule has 1 N–H and O–H groups in total. The normalized spacial score (nSPS) is 10.7. The molecule has 0 bridgehead atoms. The van der Waals surface area contributed by atoms with Gasteiger partial charge in [-0.3, -0.25) is 4.79 Å². The topological polar surface area (TPSA) is 64.6 Å². The van der Waals surface area contributed by atoms with E-state index in [-0.39, 0.29) is 5.91 Å². The first-order valence-electron chi connectivity index (χ1n) is 9.06. The van der Waals surface area contributed by atoms with Gasteiger partial charge in [0.25, 0.3) is 5.91 Å². The van der Waals surface area contributed by atoms with Gasteiger partial charge in [-0.2, -0.15) is 0 Å². The van der Waals surface area contributed by atoms with E-state index in [4.69, 9.17) is 9.47 Å². The van der Waals surface area contributed by atoms with Crippen molar-refractivity contribution in [3.05, 3.63) is 67.2 Å². The van der Waals surface area contributed by atoms with Crippen LogP contribution in [0, 0.1) is 27.7 Å². The summed E-state index contributed by atoms with van der Waals surface area (Å²) in [5.41, 5.74) is 4.69. The van der Waals surface area contributed by atoms with E-state index in [0.717, 1.165) is 27.3 Å². The van der Waals surface area contributed by atoms with Crippen molar-refractivity contribution in [3.63, 3.8) is 0 Å². The molecule has 0 aliphatic rings. The highest BCUT2D eigenvalue weighted by atomic mass is 32.1. The molecule has 152 valence electrons. The second-order valence-electron chi connectivity index (χ2n) is 6.88. The van der Waals surface area contributed by atoms with Crippen LogP contribution in [0.4, 0.5) is 5.00 Å². The highest BCUT2D eigenvalue weighted by Gasteiger charge is 2.19. The zero-order valence-corrected chi connectivity index (χ0v) is 18.7. The minimum absolute atomic E-state index is 0.254. The summed E-state index contributed by atoms with van der Waals surface area (Å²) < 4.78 is 10.8. The second-order valence-corrected chi connectivity index (χ2v) is 9.05. The Morgan fingerprint density at radius 2 is 1.72 bits per heavy atom. The Bertz CT molecular complexity index is 1040. The van der Waals surface area contributed by atoms with Gasteiger partial charge in [0.2, 0.25) is 0 Å². The maximum absolute atomic E-state index is 12.6. The van der Waals surface area contributed by atoms with Gasteiger partial charge in [0.05, 0.1) is 17.6 Å². The molecule has 2 aromatic heterocycles. The Morgan fingerprint density at radius 3 is 2.38 bits per heavy atom. The van der Waals surface area contributed by atoms with E-state index >= 15 is 0 Å². The molecule has 1 aromatic carbocycles. The van der Waals surface area contributed by atoms with Crippen molar-refractivity contribution < 1.29 is 19.1 Å². The lowest BCUT2D eigenvalue weighted by Crippen LogP contribution is -2.12. The fourth-order valence-corrected chi connectivity index (χ4v) is 4.84. The average Bonchev–Trinajstić information content (AvgIpc) is 3.27. The molecule has 0 aliphatic carbocycles. The first kappa shape index (κ1) is 21.1. The van der Waals surface area contributed by atoms with E-state index in [1.54, 1.807) is 6.07 Å². The molecular formula is C22H23NO4S2. The molecule has 2 heterocycles. The number of esters is 1. The van der Waals surface area contributed by atoms with Crippen molar-refractivity contribution >= 4 is 39.6 Å². The highest BCUT2D eigenvalue weighted by Crippen LogP contribution is 2.30. The summed E-state index contributed by atoms with van der Waals surface area (Å²) in [6.07, 6.45) is 0. The Morgan fingerprint density at radius 1 is 1.03 bits per heavy atom. The fourth-order valence-electron chi connectivity index (χ4n) is 3.15. The summed E-state index contributed by atoms with van der Waals surface area (Å²) in [4.78, 5) is 26.0. The van der Waals surface area contributed by atoms with Gasteiger partial charge in [-0.05, 0) is 56.3 Å². The molecule has 5 nitrogen and oxygen atoms in total. The molecule has 1 amide bonds. The predicted octanol–water partition coefficient (Wildman–Crippen LogP) is 5.66. The van der Waals surface area contributed by atoms with E-state index < -0.39 is 5.97 Å². The summed E-state index contributed by atoms with van der Waals surface area (Å²) in [6.45, 7) is 8.39. The summed E-state index contributed by atoms with van der Waals surface area (Å²) >= 11 is 2.69. The van der Waals surface area contributed by atoms with Crippen LogP contribution < -0.4 is 10.1 Å². The van der Waals surface area contributed by atoms with Crippen LogP contribution in [0.1, 0.15) is 47.2 Å². The number of aryl methyl sites for hydroxylation is 4. The average molecular weight is 430 g/mol. The van der Waals surface area contributed by atoms with E-state index in [2.05, 4.69) is 24.4 Å². The molecule has 0 radical (unpaired) electrons. The van der Waals surface area contributed by atoms with Crippen LogP contribution in [0.2, 0.25) is 0 Å². The van der Waals surface area contributed by atoms with Gasteiger partial charge in [-0.15, -0.1) is 22.7 Å². The zero-order chi connectivity index (χ0) is 21.1. The smallest absolute Gasteiger partial charge is 0.340 e. The van der Waals surface area contributed by atoms with Gasteiger partial charge in [0.15, 0.2) is 0 Å². The van der Waals surface area contributed by atoms with Crippen LogP contribution >= 0.6 is 22.7 Å². The predicted molar refractivity (Wildman–Crippen MR) is 118 cm³/mol. The summed E-state index contributed by atoms with van der Waals surface area (Å²) in [5, 5.41) is 5.23. The Balaban J connectivity index is 1.69. The summed E-state index contributed by atoms with van der Waals surface area (Å²) in [5.74, 6) is 0.161. The molecule has 0 spiro atoms. The number of hydrogen-bond acceptors (Lipinski definition) is 6. The van der Waals surface area contributed by atoms with E-state index in [1.807, 2.05) is 32.2 Å². The zero-order valence-electron chi connectivity index (χ0n) is 17.0. The lowest BCUT2D eigenvalue weighted by molar-refractivity contribution is 0.0602. The number of hydrogen-bond donors (Lipinski definition) is 1. The minimum Gasteiger partial charge on any atom is -0.488 e. The van der Waals surface area contributed by atoms with Crippen molar-refractivity contribution in [1.29, 1.82) is 0 Å². The van der Waals surface area contributed by atoms with Crippen LogP contribution in [0.15, 0.2) is 29.6 Å². The Hall–Kier alpha value is -2.64. The summed E-state index contributed by atoms with van der Waals surface area (Å²) in [7, 11) is 1.32. The molecule has 0 saturated carbocycles. The number of methoxy groups -OCH3 is 1. The van der Waals surface area contributed by atoms with Crippen LogP contribution in [0.25, 0.3) is 0 Å². The number of benzene rings is 1. The van der Waals surface area contributed by atoms with Crippen molar-refractivity contribution in [1.82, 2.24) is 0 Å². The van der Waals surface area contributed by atoms with Crippen molar-refractivity contribution in [2.45, 2.75) is 34.3 Å². The number of thiophene rings is 2. The molecule has 0 atom stereocenters. The molecule has 29 heavy (non-hydrogen) atoms. The quantitative estimate of drug-likeness (QED) is 0.514. The van der Waals surface area contributed by atoms with Gasteiger partial charge in [0, 0.05) is 10.4 Å². The van der Waals surface area contributed by atoms with Crippen molar-refractivity contribution in [2.24, 2.45) is 0 Å². The molecule has 0 saturated heterocycles. The lowest BCUT2D eigenvalue weighted by atomic mass is 10.1. The van der Waals surface area contributed by atoms with Gasteiger partial charge in [-0.25, -0.2) is 4.79 Å². The third-order valence-electron chi connectivity index (χ3n) is 4.35. The molecule has 0 fully saturated rings. The van der Waals surface area contributed by atoms with Crippen molar-refractivity contribution in [2.75, 3.05) is 12.4 Å². The molecule has 0 unspecified atom stereocenters. The van der Waals surface area contributed by atoms with E-state index in [1.165, 1.54) is 35.3 Å². The molecule has 3 rings (SSSR count). The third kappa shape index (κ3) is 4.86. The van der Waals surface area contributed by atoms with E-state index in [9.17, 15) is 9.59 Å². The second kappa shape index (κ2) is 8.80. The van der Waals surface area contributed by atoms with Gasteiger partial charge in [-0.1, -0.05) is 17.7 Å². The first-order chi connectivity index (χ1) is 13.8. The monoisotopic (exact) mass is 429 g/mol. The van der Waals surface area contributed by atoms with Crippen LogP contribution in [0.5, 0.6) is 5.75 Å².